The van der Waals surface area contributed by atoms with Crippen LogP contribution in [0.4, 0.5) is 0 Å². The first kappa shape index (κ1) is 62.0. The summed E-state index contributed by atoms with van der Waals surface area (Å²) in [4.78, 5) is 109. The number of amides is 5. The van der Waals surface area contributed by atoms with Crippen molar-refractivity contribution in [2.75, 3.05) is 19.6 Å². The maximum atomic E-state index is 14.2. The molecule has 66 heavy (non-hydrogen) atoms. The van der Waals surface area contributed by atoms with Crippen molar-refractivity contribution >= 4 is 59.9 Å². The standard InChI is InChI=1S/C48H86N6O11.ClH/c1-11-12-13-14-15-16-17-18-19-20-21-24-38(55)54-33-22-23-37(54)45(62)53-36(27-30-41(58)65-48(8,9)10)44(61)52-35(26-29-40(57)64-47(5,6)7)43(60)51-34(42(59)50-32-31-49)25-28-39(56)63-46(2,3)4;/h34-37H,11-33,49H2,1-10H3,(H,50,59)(H,51,60)(H,52,61)(H,53,62);1H. The second-order valence-electron chi connectivity index (χ2n) is 20.2. The van der Waals surface area contributed by atoms with Gasteiger partial charge in [-0.25, -0.2) is 0 Å². The van der Waals surface area contributed by atoms with E-state index in [0.29, 0.717) is 32.2 Å². The number of nitrogens with zero attached hydrogens (tertiary/aromatic N) is 1. The van der Waals surface area contributed by atoms with Crippen molar-refractivity contribution in [1.82, 2.24) is 26.2 Å². The number of rotatable bonds is 30. The second kappa shape index (κ2) is 31.9. The van der Waals surface area contributed by atoms with E-state index < -0.39 is 82.5 Å². The Kier molecular flexibility index (Phi) is 30.0. The first-order chi connectivity index (χ1) is 30.4. The number of hydrogen-bond donors (Lipinski definition) is 5. The number of halogens is 1. The van der Waals surface area contributed by atoms with Gasteiger partial charge in [0.15, 0.2) is 0 Å². The number of nitrogens with two attached hydrogens (primary N) is 1. The highest BCUT2D eigenvalue weighted by molar-refractivity contribution is 5.96. The topological polar surface area (TPSA) is 242 Å². The molecule has 1 aliphatic heterocycles. The Morgan fingerprint density at radius 1 is 0.561 bits per heavy atom. The third kappa shape index (κ3) is 28.9. The van der Waals surface area contributed by atoms with Crippen molar-refractivity contribution in [2.45, 2.75) is 239 Å². The summed E-state index contributed by atoms with van der Waals surface area (Å²) in [6.07, 6.45) is 12.4. The molecule has 1 heterocycles. The second-order valence-corrected chi connectivity index (χ2v) is 20.2. The van der Waals surface area contributed by atoms with E-state index in [2.05, 4.69) is 28.2 Å². The first-order valence-electron chi connectivity index (χ1n) is 24.2. The zero-order chi connectivity index (χ0) is 49.2. The molecule has 6 N–H and O–H groups in total. The summed E-state index contributed by atoms with van der Waals surface area (Å²) in [5.74, 6) is -4.92. The van der Waals surface area contributed by atoms with Crippen LogP contribution in [-0.2, 0) is 52.6 Å². The number of carbonyl (C=O) groups excluding carboxylic acids is 8. The Morgan fingerprint density at radius 3 is 1.33 bits per heavy atom. The molecule has 4 atom stereocenters. The molecule has 5 amide bonds. The minimum Gasteiger partial charge on any atom is -0.460 e. The monoisotopic (exact) mass is 959 g/mol. The first-order valence-corrected chi connectivity index (χ1v) is 24.2. The van der Waals surface area contributed by atoms with Gasteiger partial charge in [0.2, 0.25) is 29.5 Å². The predicted molar refractivity (Wildman–Crippen MR) is 256 cm³/mol. The molecule has 17 nitrogen and oxygen atoms in total. The van der Waals surface area contributed by atoms with Crippen molar-refractivity contribution in [2.24, 2.45) is 5.73 Å². The van der Waals surface area contributed by atoms with Gasteiger partial charge in [-0.1, -0.05) is 71.1 Å². The molecule has 0 aromatic rings. The van der Waals surface area contributed by atoms with Gasteiger partial charge in [0.25, 0.3) is 0 Å². The van der Waals surface area contributed by atoms with Gasteiger partial charge < -0.3 is 46.1 Å². The van der Waals surface area contributed by atoms with Crippen molar-refractivity contribution in [3.63, 3.8) is 0 Å². The third-order valence-corrected chi connectivity index (χ3v) is 10.4. The van der Waals surface area contributed by atoms with E-state index in [9.17, 15) is 38.4 Å². The van der Waals surface area contributed by atoms with Crippen LogP contribution in [0.25, 0.3) is 0 Å². The fourth-order valence-electron chi connectivity index (χ4n) is 7.32. The normalized spacial score (nSPS) is 15.3. The number of hydrogen-bond acceptors (Lipinski definition) is 12. The third-order valence-electron chi connectivity index (χ3n) is 10.4. The molecule has 0 aliphatic carbocycles. The lowest BCUT2D eigenvalue weighted by Gasteiger charge is -2.28. The number of ether oxygens (including phenoxy) is 3. The van der Waals surface area contributed by atoms with Gasteiger partial charge in [0.05, 0.1) is 0 Å². The zero-order valence-corrected chi connectivity index (χ0v) is 42.8. The molecule has 382 valence electrons. The molecule has 0 saturated carbocycles. The lowest BCUT2D eigenvalue weighted by Crippen LogP contribution is -2.58. The van der Waals surface area contributed by atoms with Gasteiger partial charge >= 0.3 is 17.9 Å². The SMILES string of the molecule is CCCCCCCCCCCCCC(=O)N1CCCC1C(=O)NC(CCC(=O)OC(C)(C)C)C(=O)NC(CCC(=O)OC(C)(C)C)C(=O)NC(CCC(=O)OC(C)(C)C)C(=O)NCCN.Cl. The van der Waals surface area contributed by atoms with Crippen LogP contribution in [0.2, 0.25) is 0 Å². The van der Waals surface area contributed by atoms with Crippen LogP contribution in [0.1, 0.15) is 198 Å². The molecule has 1 aliphatic rings. The summed E-state index contributed by atoms with van der Waals surface area (Å²) in [5, 5.41) is 10.6. The van der Waals surface area contributed by atoms with Crippen LogP contribution in [0.3, 0.4) is 0 Å². The van der Waals surface area contributed by atoms with Crippen molar-refractivity contribution < 1.29 is 52.6 Å². The van der Waals surface area contributed by atoms with Gasteiger partial charge in [-0.3, -0.25) is 38.4 Å². The number of carbonyl (C=O) groups is 8. The van der Waals surface area contributed by atoms with Crippen LogP contribution < -0.4 is 27.0 Å². The molecule has 4 unspecified atom stereocenters. The van der Waals surface area contributed by atoms with Crippen LogP contribution in [-0.4, -0.2) is 113 Å². The smallest absolute Gasteiger partial charge is 0.306 e. The molecule has 1 fully saturated rings. The molecule has 18 heteroatoms. The molecule has 0 spiro atoms. The maximum absolute atomic E-state index is 14.2. The Labute approximate surface area is 401 Å². The quantitative estimate of drug-likeness (QED) is 0.0317. The van der Waals surface area contributed by atoms with E-state index in [1.807, 2.05) is 0 Å². The molecule has 0 bridgehead atoms. The van der Waals surface area contributed by atoms with Gasteiger partial charge in [0.1, 0.15) is 41.0 Å². The number of nitrogens with one attached hydrogen (secondary N) is 4. The maximum Gasteiger partial charge on any atom is 0.306 e. The Balaban J connectivity index is 0.0000422. The predicted octanol–water partition coefficient (Wildman–Crippen LogP) is 6.00. The van der Waals surface area contributed by atoms with E-state index in [4.69, 9.17) is 19.9 Å². The summed E-state index contributed by atoms with van der Waals surface area (Å²) in [7, 11) is 0. The molecule has 1 rings (SSSR count). The molecule has 0 aromatic heterocycles. The summed E-state index contributed by atoms with van der Waals surface area (Å²) < 4.78 is 16.3. The molecule has 0 radical (unpaired) electrons. The lowest BCUT2D eigenvalue weighted by atomic mass is 10.0. The molecule has 0 aromatic carbocycles. The largest absolute Gasteiger partial charge is 0.460 e. The Bertz CT molecular complexity index is 1530. The van der Waals surface area contributed by atoms with Crippen LogP contribution >= 0.6 is 12.4 Å². The highest BCUT2D eigenvalue weighted by Crippen LogP contribution is 2.21. The van der Waals surface area contributed by atoms with Crippen molar-refractivity contribution in [1.29, 1.82) is 0 Å². The fourth-order valence-corrected chi connectivity index (χ4v) is 7.32. The van der Waals surface area contributed by atoms with Gasteiger partial charge in [-0.05, 0) is 101 Å². The highest BCUT2D eigenvalue weighted by Gasteiger charge is 2.37. The lowest BCUT2D eigenvalue weighted by molar-refractivity contribution is -0.156. The van der Waals surface area contributed by atoms with E-state index >= 15 is 0 Å². The van der Waals surface area contributed by atoms with E-state index in [-0.39, 0.29) is 69.9 Å². The van der Waals surface area contributed by atoms with E-state index in [1.165, 1.54) is 44.9 Å². The molecule has 1 saturated heterocycles. The minimum atomic E-state index is -1.45. The Morgan fingerprint density at radius 2 is 0.939 bits per heavy atom. The van der Waals surface area contributed by atoms with Gasteiger partial charge in [-0.15, -0.1) is 12.4 Å². The number of esters is 3. The zero-order valence-electron chi connectivity index (χ0n) is 42.0. The summed E-state index contributed by atoms with van der Waals surface area (Å²) >= 11 is 0. The van der Waals surface area contributed by atoms with Gasteiger partial charge in [0, 0.05) is 45.3 Å². The van der Waals surface area contributed by atoms with E-state index in [1.54, 1.807) is 67.2 Å². The summed E-state index contributed by atoms with van der Waals surface area (Å²) in [5.41, 5.74) is 3.14. The molecular formula is C48H87ClN6O11. The summed E-state index contributed by atoms with van der Waals surface area (Å²) in [6, 6.07) is -4.92. The summed E-state index contributed by atoms with van der Waals surface area (Å²) in [6.45, 7) is 18.0. The van der Waals surface area contributed by atoms with Crippen molar-refractivity contribution in [3.8, 4) is 0 Å². The van der Waals surface area contributed by atoms with Crippen molar-refractivity contribution in [3.05, 3.63) is 0 Å². The average molecular weight is 960 g/mol. The number of unbranched alkanes of at least 4 members (excludes halogenated alkanes) is 10. The van der Waals surface area contributed by atoms with Crippen LogP contribution in [0.5, 0.6) is 0 Å². The van der Waals surface area contributed by atoms with Gasteiger partial charge in [-0.2, -0.15) is 0 Å². The number of likely N-dealkylation sites (tertiary alicyclic amines) is 1. The van der Waals surface area contributed by atoms with Crippen LogP contribution in [0.15, 0.2) is 0 Å². The average Bonchev–Trinajstić information content (AvgIpc) is 3.69. The van der Waals surface area contributed by atoms with E-state index in [0.717, 1.165) is 19.3 Å². The highest BCUT2D eigenvalue weighted by atomic mass is 35.5. The minimum absolute atomic E-state index is 0. The Hall–Kier alpha value is -3.99. The van der Waals surface area contributed by atoms with Crippen LogP contribution in [0, 0.1) is 0 Å². The fraction of sp³-hybridized carbons (Fsp3) is 0.833. The molecular weight excluding hydrogens is 872 g/mol.